The topological polar surface area (TPSA) is 22.1 Å². The lowest BCUT2D eigenvalue weighted by atomic mass is 9.84. The van der Waals surface area contributed by atoms with Crippen LogP contribution in [0.15, 0.2) is 109 Å². The minimum absolute atomic E-state index is 0.164. The number of aromatic nitrogens is 1. The molecule has 0 saturated carbocycles. The molecule has 33 heavy (non-hydrogen) atoms. The van der Waals surface area contributed by atoms with E-state index >= 15 is 0 Å². The molecule has 5 aromatic rings. The lowest BCUT2D eigenvalue weighted by Gasteiger charge is -2.23. The molecule has 1 atom stereocenters. The molecular formula is C31H21NO. The van der Waals surface area contributed by atoms with Crippen molar-refractivity contribution in [3.63, 3.8) is 0 Å². The molecule has 156 valence electrons. The fourth-order valence-electron chi connectivity index (χ4n) is 5.44. The third-order valence-electron chi connectivity index (χ3n) is 6.89. The number of benzene rings is 4. The predicted molar refractivity (Wildman–Crippen MR) is 132 cm³/mol. The number of rotatable bonds is 2. The fraction of sp³-hybridized carbons (Fsp3) is 0.0645. The molecule has 7 rings (SSSR count). The standard InChI is InChI=1S/C31H21NO/c1-4-14-28-20(8-1)18-22-19-21(15-16-29(22)33-28)30-24-10-3-2-9-23(24)25-11-7-12-26(31(25)30)27-13-5-6-17-32-27/h1-17,19,30H,18H2. The van der Waals surface area contributed by atoms with Crippen molar-refractivity contribution in [2.24, 2.45) is 0 Å². The monoisotopic (exact) mass is 423 g/mol. The van der Waals surface area contributed by atoms with E-state index in [0.29, 0.717) is 0 Å². The zero-order valence-electron chi connectivity index (χ0n) is 18.0. The molecule has 1 aliphatic heterocycles. The van der Waals surface area contributed by atoms with Gasteiger partial charge in [0, 0.05) is 24.1 Å². The summed E-state index contributed by atoms with van der Waals surface area (Å²) in [5.41, 5.74) is 11.3. The van der Waals surface area contributed by atoms with Crippen molar-refractivity contribution < 1.29 is 4.74 Å². The maximum Gasteiger partial charge on any atom is 0.130 e. The molecule has 2 aliphatic rings. The van der Waals surface area contributed by atoms with Crippen molar-refractivity contribution in [2.75, 3.05) is 0 Å². The van der Waals surface area contributed by atoms with Gasteiger partial charge < -0.3 is 4.74 Å². The van der Waals surface area contributed by atoms with Crippen LogP contribution in [-0.2, 0) is 6.42 Å². The zero-order valence-corrected chi connectivity index (χ0v) is 18.0. The Labute approximate surface area is 193 Å². The molecule has 4 aromatic carbocycles. The Kier molecular flexibility index (Phi) is 4.00. The van der Waals surface area contributed by atoms with Crippen LogP contribution in [0.2, 0.25) is 0 Å². The second kappa shape index (κ2) is 7.18. The average Bonchev–Trinajstić information content (AvgIpc) is 3.22. The first-order valence-electron chi connectivity index (χ1n) is 11.4. The highest BCUT2D eigenvalue weighted by atomic mass is 16.5. The van der Waals surface area contributed by atoms with E-state index in [9.17, 15) is 0 Å². The van der Waals surface area contributed by atoms with Crippen LogP contribution in [0, 0.1) is 0 Å². The van der Waals surface area contributed by atoms with E-state index in [-0.39, 0.29) is 5.92 Å². The number of nitrogens with zero attached hydrogens (tertiary/aromatic N) is 1. The number of ether oxygens (including phenoxy) is 1. The first kappa shape index (κ1) is 18.4. The van der Waals surface area contributed by atoms with Crippen molar-refractivity contribution in [3.05, 3.63) is 137 Å². The van der Waals surface area contributed by atoms with Gasteiger partial charge >= 0.3 is 0 Å². The molecule has 2 heteroatoms. The summed E-state index contributed by atoms with van der Waals surface area (Å²) in [7, 11) is 0. The highest BCUT2D eigenvalue weighted by Gasteiger charge is 2.33. The molecule has 0 bridgehead atoms. The number of para-hydroxylation sites is 1. The third kappa shape index (κ3) is 2.84. The zero-order chi connectivity index (χ0) is 21.8. The van der Waals surface area contributed by atoms with Crippen LogP contribution in [-0.4, -0.2) is 4.98 Å². The van der Waals surface area contributed by atoms with E-state index in [2.05, 4.69) is 91.0 Å². The maximum atomic E-state index is 6.22. The molecule has 0 amide bonds. The van der Waals surface area contributed by atoms with E-state index in [4.69, 9.17) is 9.72 Å². The Morgan fingerprint density at radius 3 is 2.36 bits per heavy atom. The Morgan fingerprint density at radius 2 is 1.42 bits per heavy atom. The van der Waals surface area contributed by atoms with Gasteiger partial charge in [-0.05, 0) is 63.2 Å². The summed E-state index contributed by atoms with van der Waals surface area (Å²) >= 11 is 0. The minimum atomic E-state index is 0.164. The summed E-state index contributed by atoms with van der Waals surface area (Å²) in [6.07, 6.45) is 2.77. The Hall–Kier alpha value is -4.17. The molecule has 0 radical (unpaired) electrons. The molecule has 1 aromatic heterocycles. The summed E-state index contributed by atoms with van der Waals surface area (Å²) in [5.74, 6) is 2.09. The normalized spacial score (nSPS) is 15.1. The Bertz CT molecular complexity index is 1520. The molecule has 1 unspecified atom stereocenters. The molecule has 1 aliphatic carbocycles. The van der Waals surface area contributed by atoms with Gasteiger partial charge in [-0.1, -0.05) is 78.9 Å². The number of hydrogen-bond acceptors (Lipinski definition) is 2. The smallest absolute Gasteiger partial charge is 0.130 e. The minimum Gasteiger partial charge on any atom is -0.457 e. The van der Waals surface area contributed by atoms with Gasteiger partial charge in [0.25, 0.3) is 0 Å². The Balaban J connectivity index is 1.42. The number of hydrogen-bond donors (Lipinski definition) is 0. The highest BCUT2D eigenvalue weighted by Crippen LogP contribution is 2.52. The molecule has 0 spiro atoms. The van der Waals surface area contributed by atoms with Crippen LogP contribution >= 0.6 is 0 Å². The second-order valence-electron chi connectivity index (χ2n) is 8.76. The number of fused-ring (bicyclic) bond motifs is 5. The van der Waals surface area contributed by atoms with Crippen LogP contribution in [0.1, 0.15) is 33.7 Å². The van der Waals surface area contributed by atoms with Gasteiger partial charge in [-0.2, -0.15) is 0 Å². The fourth-order valence-corrected chi connectivity index (χ4v) is 5.44. The van der Waals surface area contributed by atoms with E-state index in [0.717, 1.165) is 23.6 Å². The molecule has 2 nitrogen and oxygen atoms in total. The summed E-state index contributed by atoms with van der Waals surface area (Å²) in [4.78, 5) is 4.69. The summed E-state index contributed by atoms with van der Waals surface area (Å²) < 4.78 is 6.22. The van der Waals surface area contributed by atoms with Crippen LogP contribution in [0.3, 0.4) is 0 Å². The van der Waals surface area contributed by atoms with Gasteiger partial charge in [0.05, 0.1) is 5.69 Å². The van der Waals surface area contributed by atoms with Crippen molar-refractivity contribution >= 4 is 0 Å². The van der Waals surface area contributed by atoms with Crippen LogP contribution in [0.4, 0.5) is 0 Å². The summed E-state index contributed by atoms with van der Waals surface area (Å²) in [5, 5.41) is 0. The van der Waals surface area contributed by atoms with Gasteiger partial charge in [0.2, 0.25) is 0 Å². The van der Waals surface area contributed by atoms with E-state index in [1.54, 1.807) is 0 Å². The van der Waals surface area contributed by atoms with Gasteiger partial charge in [-0.15, -0.1) is 0 Å². The van der Waals surface area contributed by atoms with Gasteiger partial charge in [0.1, 0.15) is 11.5 Å². The van der Waals surface area contributed by atoms with Crippen molar-refractivity contribution in [3.8, 4) is 33.9 Å². The quantitative estimate of drug-likeness (QED) is 0.285. The molecule has 0 saturated heterocycles. The lowest BCUT2D eigenvalue weighted by molar-refractivity contribution is 0.459. The lowest BCUT2D eigenvalue weighted by Crippen LogP contribution is -2.06. The molecule has 0 fully saturated rings. The first-order chi connectivity index (χ1) is 16.4. The van der Waals surface area contributed by atoms with Crippen LogP contribution in [0.5, 0.6) is 11.5 Å². The average molecular weight is 424 g/mol. The summed E-state index contributed by atoms with van der Waals surface area (Å²) in [6.45, 7) is 0. The highest BCUT2D eigenvalue weighted by molar-refractivity contribution is 5.87. The van der Waals surface area contributed by atoms with Gasteiger partial charge in [-0.3, -0.25) is 4.98 Å². The first-order valence-corrected chi connectivity index (χ1v) is 11.4. The molecular weight excluding hydrogens is 402 g/mol. The van der Waals surface area contributed by atoms with Crippen molar-refractivity contribution in [1.29, 1.82) is 0 Å². The van der Waals surface area contributed by atoms with Gasteiger partial charge in [0.15, 0.2) is 0 Å². The SMILES string of the molecule is c1ccc(-c2cccc3c2C(c2ccc4c(c2)Cc2ccccc2O4)c2ccccc2-3)nc1. The molecule has 0 N–H and O–H groups in total. The van der Waals surface area contributed by atoms with Crippen LogP contribution in [0.25, 0.3) is 22.4 Å². The van der Waals surface area contributed by atoms with Crippen molar-refractivity contribution in [1.82, 2.24) is 4.98 Å². The van der Waals surface area contributed by atoms with E-state index in [1.807, 2.05) is 18.3 Å². The maximum absolute atomic E-state index is 6.22. The van der Waals surface area contributed by atoms with E-state index in [1.165, 1.54) is 44.5 Å². The largest absolute Gasteiger partial charge is 0.457 e. The third-order valence-corrected chi connectivity index (χ3v) is 6.89. The Morgan fingerprint density at radius 1 is 0.636 bits per heavy atom. The van der Waals surface area contributed by atoms with Crippen molar-refractivity contribution in [2.45, 2.75) is 12.3 Å². The molecule has 2 heterocycles. The second-order valence-corrected chi connectivity index (χ2v) is 8.76. The van der Waals surface area contributed by atoms with Crippen LogP contribution < -0.4 is 4.74 Å². The summed E-state index contributed by atoms with van der Waals surface area (Å²) in [6, 6.07) is 36.6. The van der Waals surface area contributed by atoms with E-state index < -0.39 is 0 Å². The predicted octanol–water partition coefficient (Wildman–Crippen LogP) is 7.61. The number of pyridine rings is 1. The van der Waals surface area contributed by atoms with Gasteiger partial charge in [-0.25, -0.2) is 0 Å².